The topological polar surface area (TPSA) is 84.4 Å². The Hall–Kier alpha value is -2.87. The quantitative estimate of drug-likeness (QED) is 0.806. The molecule has 1 atom stereocenters. The molecule has 142 valence electrons. The van der Waals surface area contributed by atoms with Crippen molar-refractivity contribution in [3.63, 3.8) is 0 Å². The summed E-state index contributed by atoms with van der Waals surface area (Å²) >= 11 is 0. The Balaban J connectivity index is 1.60. The van der Waals surface area contributed by atoms with Gasteiger partial charge in [-0.3, -0.25) is 14.6 Å². The van der Waals surface area contributed by atoms with E-state index in [0.717, 1.165) is 12.8 Å². The van der Waals surface area contributed by atoms with Gasteiger partial charge < -0.3 is 15.0 Å². The van der Waals surface area contributed by atoms with Gasteiger partial charge >= 0.3 is 0 Å². The van der Waals surface area contributed by atoms with Crippen LogP contribution in [0.2, 0.25) is 0 Å². The van der Waals surface area contributed by atoms with E-state index in [1.807, 2.05) is 0 Å². The Labute approximate surface area is 156 Å². The smallest absolute Gasteiger partial charge is 0.274 e. The van der Waals surface area contributed by atoms with Crippen LogP contribution in [0.3, 0.4) is 0 Å². The van der Waals surface area contributed by atoms with Crippen LogP contribution in [0.1, 0.15) is 29.8 Å². The fraction of sp³-hybridized carbons (Fsp3) is 0.368. The average Bonchev–Trinajstić information content (AvgIpc) is 3.20. The van der Waals surface area contributed by atoms with E-state index in [2.05, 4.69) is 15.3 Å². The number of nitrogens with one attached hydrogen (secondary N) is 1. The maximum atomic E-state index is 12.9. The summed E-state index contributed by atoms with van der Waals surface area (Å²) in [5, 5.41) is 2.69. The Morgan fingerprint density at radius 3 is 2.74 bits per heavy atom. The number of hydrogen-bond acceptors (Lipinski definition) is 5. The monoisotopic (exact) mass is 372 g/mol. The summed E-state index contributed by atoms with van der Waals surface area (Å²) in [6.07, 6.45) is 6.27. The standard InChI is InChI=1S/C19H21FN4O3/c20-14-3-5-15(6-4-14)23-18(25)7-10-24(13-16-2-1-11-27-16)19(26)17-12-21-8-9-22-17/h3-6,8-9,12,16H,1-2,7,10-11,13H2,(H,23,25)/t16-/m1/s1. The molecular formula is C19H21FN4O3. The van der Waals surface area contributed by atoms with Crippen molar-refractivity contribution in [3.8, 4) is 0 Å². The summed E-state index contributed by atoms with van der Waals surface area (Å²) in [5.74, 6) is -0.913. The first-order chi connectivity index (χ1) is 13.1. The second-order valence-electron chi connectivity index (χ2n) is 6.28. The molecular weight excluding hydrogens is 351 g/mol. The minimum atomic E-state index is -0.370. The van der Waals surface area contributed by atoms with Crippen LogP contribution < -0.4 is 5.32 Å². The Morgan fingerprint density at radius 1 is 1.26 bits per heavy atom. The van der Waals surface area contributed by atoms with Crippen LogP contribution in [-0.4, -0.2) is 52.5 Å². The lowest BCUT2D eigenvalue weighted by atomic mass is 10.2. The number of halogens is 1. The number of benzene rings is 1. The molecule has 1 aromatic heterocycles. The van der Waals surface area contributed by atoms with E-state index in [-0.39, 0.29) is 42.4 Å². The zero-order chi connectivity index (χ0) is 19.1. The normalized spacial score (nSPS) is 16.1. The van der Waals surface area contributed by atoms with Crippen LogP contribution in [0.25, 0.3) is 0 Å². The minimum Gasteiger partial charge on any atom is -0.376 e. The first-order valence-electron chi connectivity index (χ1n) is 8.84. The highest BCUT2D eigenvalue weighted by Gasteiger charge is 2.24. The summed E-state index contributed by atoms with van der Waals surface area (Å²) in [6.45, 7) is 1.31. The summed E-state index contributed by atoms with van der Waals surface area (Å²) in [5.41, 5.74) is 0.738. The van der Waals surface area contributed by atoms with Crippen LogP contribution in [0, 0.1) is 5.82 Å². The van der Waals surface area contributed by atoms with Crippen molar-refractivity contribution in [2.45, 2.75) is 25.4 Å². The molecule has 27 heavy (non-hydrogen) atoms. The maximum Gasteiger partial charge on any atom is 0.274 e. The summed E-state index contributed by atoms with van der Waals surface area (Å²) in [4.78, 5) is 34.5. The van der Waals surface area contributed by atoms with E-state index < -0.39 is 0 Å². The number of carbonyl (C=O) groups excluding carboxylic acids is 2. The van der Waals surface area contributed by atoms with Gasteiger partial charge in [-0.1, -0.05) is 0 Å². The van der Waals surface area contributed by atoms with Crippen molar-refractivity contribution in [2.24, 2.45) is 0 Å². The fourth-order valence-corrected chi connectivity index (χ4v) is 2.87. The van der Waals surface area contributed by atoms with E-state index in [1.165, 1.54) is 42.9 Å². The molecule has 0 aliphatic carbocycles. The molecule has 0 unspecified atom stereocenters. The van der Waals surface area contributed by atoms with E-state index in [4.69, 9.17) is 4.74 Å². The third-order valence-electron chi connectivity index (χ3n) is 4.25. The molecule has 3 rings (SSSR count). The van der Waals surface area contributed by atoms with Crippen LogP contribution >= 0.6 is 0 Å². The van der Waals surface area contributed by atoms with Gasteiger partial charge in [0.25, 0.3) is 5.91 Å². The Kier molecular flexibility index (Phi) is 6.43. The lowest BCUT2D eigenvalue weighted by Crippen LogP contribution is -2.39. The summed E-state index contributed by atoms with van der Waals surface area (Å²) in [7, 11) is 0. The highest BCUT2D eigenvalue weighted by Crippen LogP contribution is 2.15. The minimum absolute atomic E-state index is 0.0363. The molecule has 1 saturated heterocycles. The van der Waals surface area contributed by atoms with E-state index in [0.29, 0.717) is 18.8 Å². The first kappa shape index (κ1) is 18.9. The molecule has 0 saturated carbocycles. The predicted molar refractivity (Wildman–Crippen MR) is 96.6 cm³/mol. The molecule has 7 nitrogen and oxygen atoms in total. The number of aromatic nitrogens is 2. The van der Waals surface area contributed by atoms with Gasteiger partial charge in [-0.2, -0.15) is 0 Å². The van der Waals surface area contributed by atoms with Crippen LogP contribution in [0.4, 0.5) is 10.1 Å². The van der Waals surface area contributed by atoms with Crippen molar-refractivity contribution in [3.05, 3.63) is 54.4 Å². The molecule has 0 spiro atoms. The molecule has 2 amide bonds. The Morgan fingerprint density at radius 2 is 2.07 bits per heavy atom. The van der Waals surface area contributed by atoms with Crippen molar-refractivity contribution < 1.29 is 18.7 Å². The highest BCUT2D eigenvalue weighted by atomic mass is 19.1. The number of amides is 2. The van der Waals surface area contributed by atoms with Crippen molar-refractivity contribution >= 4 is 17.5 Å². The summed E-state index contributed by atoms with van der Waals surface area (Å²) in [6, 6.07) is 5.53. The average molecular weight is 372 g/mol. The van der Waals surface area contributed by atoms with Gasteiger partial charge in [0.1, 0.15) is 11.5 Å². The first-order valence-corrected chi connectivity index (χ1v) is 8.84. The number of anilines is 1. The van der Waals surface area contributed by atoms with Crippen molar-refractivity contribution in [2.75, 3.05) is 25.0 Å². The van der Waals surface area contributed by atoms with Crippen LogP contribution in [0.5, 0.6) is 0 Å². The van der Waals surface area contributed by atoms with Crippen LogP contribution in [0.15, 0.2) is 42.9 Å². The van der Waals surface area contributed by atoms with Gasteiger partial charge in [0.15, 0.2) is 0 Å². The molecule has 0 bridgehead atoms. The van der Waals surface area contributed by atoms with E-state index in [9.17, 15) is 14.0 Å². The lowest BCUT2D eigenvalue weighted by Gasteiger charge is -2.25. The van der Waals surface area contributed by atoms with Gasteiger partial charge in [0, 0.05) is 44.2 Å². The number of nitrogens with zero attached hydrogens (tertiary/aromatic N) is 3. The molecule has 2 heterocycles. The van der Waals surface area contributed by atoms with Gasteiger partial charge in [-0.25, -0.2) is 9.37 Å². The molecule has 1 aromatic carbocycles. The molecule has 2 aromatic rings. The lowest BCUT2D eigenvalue weighted by molar-refractivity contribution is -0.116. The number of ether oxygens (including phenoxy) is 1. The summed E-state index contributed by atoms with van der Waals surface area (Å²) < 4.78 is 18.6. The van der Waals surface area contributed by atoms with E-state index in [1.54, 1.807) is 4.90 Å². The number of carbonyl (C=O) groups is 2. The second-order valence-corrected chi connectivity index (χ2v) is 6.28. The van der Waals surface area contributed by atoms with E-state index >= 15 is 0 Å². The third kappa shape index (κ3) is 5.55. The van der Waals surface area contributed by atoms with Gasteiger partial charge in [-0.05, 0) is 37.1 Å². The number of rotatable bonds is 7. The Bertz CT molecular complexity index is 764. The zero-order valence-corrected chi connectivity index (χ0v) is 14.8. The highest BCUT2D eigenvalue weighted by molar-refractivity contribution is 5.93. The van der Waals surface area contributed by atoms with Crippen molar-refractivity contribution in [1.29, 1.82) is 0 Å². The van der Waals surface area contributed by atoms with Gasteiger partial charge in [0.05, 0.1) is 12.3 Å². The SMILES string of the molecule is O=C(CCN(C[C@H]1CCCO1)C(=O)c1cnccn1)Nc1ccc(F)cc1. The van der Waals surface area contributed by atoms with Crippen LogP contribution in [-0.2, 0) is 9.53 Å². The number of hydrogen-bond donors (Lipinski definition) is 1. The molecule has 1 aliphatic heterocycles. The van der Waals surface area contributed by atoms with Gasteiger partial charge in [0.2, 0.25) is 5.91 Å². The molecule has 1 N–H and O–H groups in total. The fourth-order valence-electron chi connectivity index (χ4n) is 2.87. The molecule has 1 aliphatic rings. The zero-order valence-electron chi connectivity index (χ0n) is 14.8. The second kappa shape index (κ2) is 9.18. The van der Waals surface area contributed by atoms with Gasteiger partial charge in [-0.15, -0.1) is 0 Å². The molecule has 0 radical (unpaired) electrons. The van der Waals surface area contributed by atoms with Crippen molar-refractivity contribution in [1.82, 2.24) is 14.9 Å². The predicted octanol–water partition coefficient (Wildman–Crippen LogP) is 2.27. The third-order valence-corrected chi connectivity index (χ3v) is 4.25. The maximum absolute atomic E-state index is 12.9. The largest absolute Gasteiger partial charge is 0.376 e. The molecule has 8 heteroatoms. The molecule has 1 fully saturated rings.